The second-order valence-electron chi connectivity index (χ2n) is 8.77. The summed E-state index contributed by atoms with van der Waals surface area (Å²) in [6.07, 6.45) is 2.03. The number of carbonyl (C=O) groups excluding carboxylic acids is 1. The lowest BCUT2D eigenvalue weighted by Crippen LogP contribution is -2.35. The number of carboxylic acid groups (broad SMARTS) is 1. The predicted molar refractivity (Wildman–Crippen MR) is 139 cm³/mol. The van der Waals surface area contributed by atoms with Crippen LogP contribution >= 0.6 is 23.4 Å². The fraction of sp³-hybridized carbons (Fsp3) is 0.222. The first-order valence-corrected chi connectivity index (χ1v) is 12.9. The Bertz CT molecular complexity index is 1560. The number of rotatable bonds is 5. The summed E-state index contributed by atoms with van der Waals surface area (Å²) in [5, 5.41) is 10.2. The summed E-state index contributed by atoms with van der Waals surface area (Å²) >= 11 is 7.31. The highest BCUT2D eigenvalue weighted by molar-refractivity contribution is 7.99. The molecule has 1 aliphatic rings. The van der Waals surface area contributed by atoms with E-state index in [9.17, 15) is 19.1 Å². The lowest BCUT2D eigenvalue weighted by Gasteiger charge is -2.24. The molecule has 0 bridgehead atoms. The molecule has 5 rings (SSSR count). The normalized spacial score (nSPS) is 13.5. The average molecular weight is 542 g/mol. The number of amides is 1. The molecule has 0 aliphatic carbocycles. The number of halogens is 3. The second-order valence-corrected chi connectivity index (χ2v) is 10.2. The summed E-state index contributed by atoms with van der Waals surface area (Å²) in [4.78, 5) is 31.4. The van der Waals surface area contributed by atoms with E-state index in [0.717, 1.165) is 12.8 Å². The number of fused-ring (bicyclic) bond motifs is 2. The van der Waals surface area contributed by atoms with E-state index < -0.39 is 11.8 Å². The first kappa shape index (κ1) is 25.2. The highest BCUT2D eigenvalue weighted by Gasteiger charge is 2.27. The number of aromatic nitrogens is 2. The van der Waals surface area contributed by atoms with E-state index in [2.05, 4.69) is 4.98 Å². The number of pyridine rings is 1. The van der Waals surface area contributed by atoms with Gasteiger partial charge in [-0.25, -0.2) is 18.6 Å². The van der Waals surface area contributed by atoms with Crippen LogP contribution in [0.15, 0.2) is 58.5 Å². The Morgan fingerprint density at radius 2 is 1.89 bits per heavy atom. The topological polar surface area (TPSA) is 75.4 Å². The fourth-order valence-electron chi connectivity index (χ4n) is 4.71. The maximum Gasteiger partial charge on any atom is 0.354 e. The van der Waals surface area contributed by atoms with E-state index in [-0.39, 0.29) is 34.5 Å². The summed E-state index contributed by atoms with van der Waals surface area (Å²) in [5.41, 5.74) is 1.72. The number of benzene rings is 2. The van der Waals surface area contributed by atoms with Crippen LogP contribution in [0.2, 0.25) is 5.02 Å². The van der Waals surface area contributed by atoms with Gasteiger partial charge in [0.2, 0.25) is 5.91 Å². The Hall–Kier alpha value is -3.43. The van der Waals surface area contributed by atoms with Crippen molar-refractivity contribution in [1.82, 2.24) is 9.55 Å². The highest BCUT2D eigenvalue weighted by Crippen LogP contribution is 2.40. The minimum Gasteiger partial charge on any atom is -0.477 e. The number of nitrogens with zero attached hydrogens (tertiary/aromatic N) is 3. The molecule has 3 heterocycles. The number of hydrogen-bond acceptors (Lipinski definition) is 4. The molecule has 190 valence electrons. The van der Waals surface area contributed by atoms with Gasteiger partial charge in [0, 0.05) is 33.8 Å². The van der Waals surface area contributed by atoms with Gasteiger partial charge in [-0.2, -0.15) is 0 Å². The standard InChI is InChI=1S/C27H22ClF2N3O3S/c1-15-26(37-22-10-5-8-20(31-22)27(35)36)17-11-12-18(28)24(30)25(17)33(15)14-23(34)32-13-3-2-6-16-19(29)7-4-9-21(16)32/h4-5,7-12H,2-3,6,13-14H2,1H3,(H,35,36). The van der Waals surface area contributed by atoms with Gasteiger partial charge in [-0.05, 0) is 62.6 Å². The predicted octanol–water partition coefficient (Wildman–Crippen LogP) is 6.50. The molecule has 0 spiro atoms. The van der Waals surface area contributed by atoms with Crippen LogP contribution in [0.5, 0.6) is 0 Å². The van der Waals surface area contributed by atoms with Crippen LogP contribution in [0.4, 0.5) is 14.5 Å². The first-order chi connectivity index (χ1) is 17.8. The average Bonchev–Trinajstić information content (AvgIpc) is 3.01. The van der Waals surface area contributed by atoms with E-state index in [4.69, 9.17) is 11.6 Å². The van der Waals surface area contributed by atoms with Crippen LogP contribution in [0.3, 0.4) is 0 Å². The van der Waals surface area contributed by atoms with Crippen molar-refractivity contribution in [2.75, 3.05) is 11.4 Å². The Morgan fingerprint density at radius 3 is 2.68 bits per heavy atom. The molecule has 0 radical (unpaired) electrons. The summed E-state index contributed by atoms with van der Waals surface area (Å²) in [6.45, 7) is 2.02. The number of aromatic carboxylic acids is 1. The molecule has 4 aromatic rings. The van der Waals surface area contributed by atoms with Gasteiger partial charge in [0.15, 0.2) is 5.82 Å². The molecule has 1 amide bonds. The number of anilines is 1. The van der Waals surface area contributed by atoms with Crippen molar-refractivity contribution in [3.8, 4) is 0 Å². The third kappa shape index (κ3) is 4.69. The van der Waals surface area contributed by atoms with Crippen molar-refractivity contribution in [1.29, 1.82) is 0 Å². The summed E-state index contributed by atoms with van der Waals surface area (Å²) < 4.78 is 31.5. The van der Waals surface area contributed by atoms with Crippen molar-refractivity contribution < 1.29 is 23.5 Å². The smallest absolute Gasteiger partial charge is 0.354 e. The molecule has 0 saturated carbocycles. The molecule has 6 nitrogen and oxygen atoms in total. The third-order valence-electron chi connectivity index (χ3n) is 6.50. The van der Waals surface area contributed by atoms with Gasteiger partial charge < -0.3 is 14.6 Å². The number of carboxylic acids is 1. The molecule has 2 aromatic heterocycles. The molecule has 0 fully saturated rings. The van der Waals surface area contributed by atoms with Gasteiger partial charge in [0.1, 0.15) is 23.1 Å². The van der Waals surface area contributed by atoms with Crippen LogP contribution < -0.4 is 4.90 Å². The quantitative estimate of drug-likeness (QED) is 0.312. The zero-order chi connectivity index (χ0) is 26.3. The molecule has 0 saturated heterocycles. The van der Waals surface area contributed by atoms with Crippen molar-refractivity contribution in [2.24, 2.45) is 0 Å². The Morgan fingerprint density at radius 1 is 1.11 bits per heavy atom. The zero-order valence-corrected chi connectivity index (χ0v) is 21.4. The monoisotopic (exact) mass is 541 g/mol. The van der Waals surface area contributed by atoms with E-state index >= 15 is 4.39 Å². The first-order valence-electron chi connectivity index (χ1n) is 11.7. The van der Waals surface area contributed by atoms with E-state index in [1.54, 1.807) is 46.7 Å². The second kappa shape index (κ2) is 10.1. The lowest BCUT2D eigenvalue weighted by atomic mass is 10.1. The molecule has 10 heteroatoms. The van der Waals surface area contributed by atoms with Crippen molar-refractivity contribution >= 4 is 51.8 Å². The van der Waals surface area contributed by atoms with Crippen LogP contribution in [-0.4, -0.2) is 33.1 Å². The summed E-state index contributed by atoms with van der Waals surface area (Å²) in [7, 11) is 0. The molecule has 0 unspecified atom stereocenters. The van der Waals surface area contributed by atoms with Crippen LogP contribution in [0.1, 0.15) is 34.6 Å². The van der Waals surface area contributed by atoms with Gasteiger partial charge in [-0.15, -0.1) is 0 Å². The van der Waals surface area contributed by atoms with E-state index in [0.29, 0.717) is 45.2 Å². The Labute approximate surface area is 220 Å². The molecule has 2 aromatic carbocycles. The molecule has 1 aliphatic heterocycles. The summed E-state index contributed by atoms with van der Waals surface area (Å²) in [5.74, 6) is -2.45. The molecular weight excluding hydrogens is 520 g/mol. The Balaban J connectivity index is 1.57. The van der Waals surface area contributed by atoms with Crippen LogP contribution in [0, 0.1) is 18.6 Å². The largest absolute Gasteiger partial charge is 0.477 e. The maximum atomic E-state index is 15.4. The number of hydrogen-bond donors (Lipinski definition) is 1. The van der Waals surface area contributed by atoms with Crippen molar-refractivity contribution in [2.45, 2.75) is 42.7 Å². The molecule has 37 heavy (non-hydrogen) atoms. The minimum absolute atomic E-state index is 0.0802. The Kier molecular flexibility index (Phi) is 6.92. The SMILES string of the molecule is Cc1c(Sc2cccc(C(=O)O)n2)c2ccc(Cl)c(F)c2n1CC(=O)N1CCCCc2c(F)cccc21. The summed E-state index contributed by atoms with van der Waals surface area (Å²) in [6, 6.07) is 12.5. The maximum absolute atomic E-state index is 15.4. The molecule has 1 N–H and O–H groups in total. The minimum atomic E-state index is -1.15. The van der Waals surface area contributed by atoms with Gasteiger partial charge in [-0.1, -0.05) is 35.5 Å². The zero-order valence-electron chi connectivity index (χ0n) is 19.8. The highest BCUT2D eigenvalue weighted by atomic mass is 35.5. The fourth-order valence-corrected chi connectivity index (χ4v) is 5.90. The number of carbonyl (C=O) groups is 2. The molecule has 0 atom stereocenters. The lowest BCUT2D eigenvalue weighted by molar-refractivity contribution is -0.119. The third-order valence-corrected chi connectivity index (χ3v) is 7.95. The van der Waals surface area contributed by atoms with E-state index in [1.807, 2.05) is 0 Å². The van der Waals surface area contributed by atoms with Crippen molar-refractivity contribution in [3.05, 3.63) is 82.1 Å². The van der Waals surface area contributed by atoms with Crippen molar-refractivity contribution in [3.63, 3.8) is 0 Å². The van der Waals surface area contributed by atoms with Crippen LogP contribution in [-0.2, 0) is 17.8 Å². The molecular formula is C27H22ClF2N3O3S. The van der Waals surface area contributed by atoms with Crippen LogP contribution in [0.25, 0.3) is 10.9 Å². The van der Waals surface area contributed by atoms with Gasteiger partial charge in [-0.3, -0.25) is 4.79 Å². The van der Waals surface area contributed by atoms with Gasteiger partial charge >= 0.3 is 5.97 Å². The van der Waals surface area contributed by atoms with Gasteiger partial charge in [0.05, 0.1) is 10.5 Å². The van der Waals surface area contributed by atoms with E-state index in [1.165, 1.54) is 30.0 Å². The van der Waals surface area contributed by atoms with Gasteiger partial charge in [0.25, 0.3) is 0 Å².